The first kappa shape index (κ1) is 14.0. The minimum Gasteiger partial charge on any atom is -0.360 e. The van der Waals surface area contributed by atoms with Crippen LogP contribution in [0.5, 0.6) is 0 Å². The smallest absolute Gasteiger partial charge is 0.268 e. The molecule has 0 atom stereocenters. The third-order valence-corrected chi connectivity index (χ3v) is 4.53. The van der Waals surface area contributed by atoms with Gasteiger partial charge in [0.2, 0.25) is 0 Å². The SMILES string of the molecule is Cc1cc(Br)cnc1NS(=O)(=O)c1c(C)noc1C. The van der Waals surface area contributed by atoms with Crippen molar-refractivity contribution in [1.29, 1.82) is 0 Å². The third kappa shape index (κ3) is 2.79. The molecule has 0 saturated heterocycles. The second kappa shape index (κ2) is 4.93. The number of sulfonamides is 1. The molecule has 0 aromatic carbocycles. The summed E-state index contributed by atoms with van der Waals surface area (Å²) in [5.74, 6) is 0.531. The van der Waals surface area contributed by atoms with Crippen LogP contribution in [0, 0.1) is 20.8 Å². The largest absolute Gasteiger partial charge is 0.360 e. The molecule has 8 heteroatoms. The zero-order valence-corrected chi connectivity index (χ0v) is 13.0. The summed E-state index contributed by atoms with van der Waals surface area (Å²) < 4.78 is 32.6. The average Bonchev–Trinajstić information content (AvgIpc) is 2.63. The van der Waals surface area contributed by atoms with E-state index >= 15 is 0 Å². The van der Waals surface area contributed by atoms with E-state index in [2.05, 4.69) is 30.8 Å². The van der Waals surface area contributed by atoms with Gasteiger partial charge in [-0.1, -0.05) is 5.16 Å². The minimum absolute atomic E-state index is 0.0524. The maximum absolute atomic E-state index is 12.3. The van der Waals surface area contributed by atoms with Crippen LogP contribution in [-0.4, -0.2) is 18.6 Å². The number of aromatic nitrogens is 2. The average molecular weight is 346 g/mol. The Hall–Kier alpha value is -1.41. The fraction of sp³-hybridized carbons (Fsp3) is 0.273. The predicted molar refractivity (Wildman–Crippen MR) is 73.5 cm³/mol. The summed E-state index contributed by atoms with van der Waals surface area (Å²) in [5, 5.41) is 3.64. The van der Waals surface area contributed by atoms with E-state index in [1.807, 2.05) is 0 Å². The predicted octanol–water partition coefficient (Wildman–Crippen LogP) is 2.56. The number of nitrogens with zero attached hydrogens (tertiary/aromatic N) is 2. The van der Waals surface area contributed by atoms with Crippen LogP contribution in [0.15, 0.2) is 26.2 Å². The zero-order chi connectivity index (χ0) is 14.2. The molecule has 0 saturated carbocycles. The Morgan fingerprint density at radius 1 is 1.32 bits per heavy atom. The Morgan fingerprint density at radius 3 is 2.53 bits per heavy atom. The standard InChI is InChI=1S/C11H12BrN3O3S/c1-6-4-9(12)5-13-11(6)15-19(16,17)10-7(2)14-18-8(10)3/h4-5H,1-3H3,(H,13,15). The Bertz CT molecular complexity index is 705. The number of hydrogen-bond acceptors (Lipinski definition) is 5. The van der Waals surface area contributed by atoms with Crippen molar-refractivity contribution in [2.24, 2.45) is 0 Å². The maximum atomic E-state index is 12.3. The van der Waals surface area contributed by atoms with E-state index in [0.717, 1.165) is 4.47 Å². The van der Waals surface area contributed by atoms with Gasteiger partial charge in [-0.05, 0) is 48.3 Å². The highest BCUT2D eigenvalue weighted by molar-refractivity contribution is 9.10. The lowest BCUT2D eigenvalue weighted by Gasteiger charge is -2.09. The van der Waals surface area contributed by atoms with Crippen LogP contribution < -0.4 is 4.72 Å². The molecule has 0 radical (unpaired) electrons. The van der Waals surface area contributed by atoms with Crippen LogP contribution >= 0.6 is 15.9 Å². The number of anilines is 1. The lowest BCUT2D eigenvalue weighted by atomic mass is 10.3. The first-order valence-corrected chi connectivity index (χ1v) is 7.66. The first-order valence-electron chi connectivity index (χ1n) is 5.39. The highest BCUT2D eigenvalue weighted by Crippen LogP contribution is 2.24. The van der Waals surface area contributed by atoms with E-state index in [4.69, 9.17) is 4.52 Å². The number of aryl methyl sites for hydroxylation is 3. The van der Waals surface area contributed by atoms with Gasteiger partial charge in [-0.15, -0.1) is 0 Å². The Morgan fingerprint density at radius 2 is 2.00 bits per heavy atom. The molecule has 0 fully saturated rings. The number of rotatable bonds is 3. The molecular weight excluding hydrogens is 334 g/mol. The molecule has 2 aromatic heterocycles. The number of nitrogens with one attached hydrogen (secondary N) is 1. The maximum Gasteiger partial charge on any atom is 0.268 e. The summed E-state index contributed by atoms with van der Waals surface area (Å²) in [4.78, 5) is 4.10. The molecule has 102 valence electrons. The first-order chi connectivity index (χ1) is 8.81. The minimum atomic E-state index is -3.75. The molecule has 0 bridgehead atoms. The molecule has 2 aromatic rings. The number of hydrogen-bond donors (Lipinski definition) is 1. The lowest BCUT2D eigenvalue weighted by Crippen LogP contribution is -2.16. The van der Waals surface area contributed by atoms with Crippen molar-refractivity contribution in [2.75, 3.05) is 4.72 Å². The van der Waals surface area contributed by atoms with Crippen LogP contribution in [0.25, 0.3) is 0 Å². The Labute approximate surface area is 119 Å². The van der Waals surface area contributed by atoms with E-state index in [1.165, 1.54) is 6.20 Å². The molecule has 0 unspecified atom stereocenters. The highest BCUT2D eigenvalue weighted by atomic mass is 79.9. The van der Waals surface area contributed by atoms with Crippen molar-refractivity contribution in [3.63, 3.8) is 0 Å². The van der Waals surface area contributed by atoms with Gasteiger partial charge < -0.3 is 4.52 Å². The molecule has 0 spiro atoms. The van der Waals surface area contributed by atoms with Gasteiger partial charge in [-0.3, -0.25) is 4.72 Å². The van der Waals surface area contributed by atoms with Gasteiger partial charge in [-0.2, -0.15) is 0 Å². The molecule has 0 aliphatic heterocycles. The molecular formula is C11H12BrN3O3S. The monoisotopic (exact) mass is 345 g/mol. The van der Waals surface area contributed by atoms with Crippen molar-refractivity contribution in [3.8, 4) is 0 Å². The van der Waals surface area contributed by atoms with Crippen molar-refractivity contribution in [3.05, 3.63) is 33.8 Å². The molecule has 19 heavy (non-hydrogen) atoms. The molecule has 1 N–H and O–H groups in total. The van der Waals surface area contributed by atoms with Crippen molar-refractivity contribution in [2.45, 2.75) is 25.7 Å². The van der Waals surface area contributed by atoms with Crippen LogP contribution in [-0.2, 0) is 10.0 Å². The number of pyridine rings is 1. The van der Waals surface area contributed by atoms with Gasteiger partial charge in [0.15, 0.2) is 10.7 Å². The van der Waals surface area contributed by atoms with Gasteiger partial charge in [-0.25, -0.2) is 13.4 Å². The van der Waals surface area contributed by atoms with Crippen molar-refractivity contribution in [1.82, 2.24) is 10.1 Å². The van der Waals surface area contributed by atoms with E-state index in [0.29, 0.717) is 11.3 Å². The Kier molecular flexibility index (Phi) is 3.64. The molecule has 0 amide bonds. The van der Waals surface area contributed by atoms with Gasteiger partial charge in [0.25, 0.3) is 10.0 Å². The van der Waals surface area contributed by atoms with E-state index < -0.39 is 10.0 Å². The molecule has 2 heterocycles. The highest BCUT2D eigenvalue weighted by Gasteiger charge is 2.25. The quantitative estimate of drug-likeness (QED) is 0.923. The van der Waals surface area contributed by atoms with Crippen LogP contribution in [0.1, 0.15) is 17.0 Å². The Balaban J connectivity index is 2.42. The fourth-order valence-electron chi connectivity index (χ4n) is 1.68. The van der Waals surface area contributed by atoms with Crippen molar-refractivity contribution < 1.29 is 12.9 Å². The zero-order valence-electron chi connectivity index (χ0n) is 10.6. The van der Waals surface area contributed by atoms with E-state index in [1.54, 1.807) is 26.8 Å². The topological polar surface area (TPSA) is 85.1 Å². The van der Waals surface area contributed by atoms with Crippen LogP contribution in [0.2, 0.25) is 0 Å². The molecule has 0 aliphatic carbocycles. The van der Waals surface area contributed by atoms with Gasteiger partial charge >= 0.3 is 0 Å². The summed E-state index contributed by atoms with van der Waals surface area (Å²) in [6, 6.07) is 1.78. The summed E-state index contributed by atoms with van der Waals surface area (Å²) in [6.07, 6.45) is 1.53. The lowest BCUT2D eigenvalue weighted by molar-refractivity contribution is 0.390. The normalized spacial score (nSPS) is 11.6. The van der Waals surface area contributed by atoms with Gasteiger partial charge in [0.1, 0.15) is 11.5 Å². The van der Waals surface area contributed by atoms with Gasteiger partial charge in [0, 0.05) is 10.7 Å². The molecule has 2 rings (SSSR count). The summed E-state index contributed by atoms with van der Waals surface area (Å²) in [6.45, 7) is 4.90. The summed E-state index contributed by atoms with van der Waals surface area (Å²) in [7, 11) is -3.75. The third-order valence-electron chi connectivity index (χ3n) is 2.51. The molecule has 6 nitrogen and oxygen atoms in total. The fourth-order valence-corrected chi connectivity index (χ4v) is 3.54. The van der Waals surface area contributed by atoms with E-state index in [-0.39, 0.29) is 16.5 Å². The van der Waals surface area contributed by atoms with E-state index in [9.17, 15) is 8.42 Å². The summed E-state index contributed by atoms with van der Waals surface area (Å²) in [5.41, 5.74) is 1.03. The molecule has 0 aliphatic rings. The van der Waals surface area contributed by atoms with Crippen LogP contribution in [0.4, 0.5) is 5.82 Å². The van der Waals surface area contributed by atoms with Crippen molar-refractivity contribution >= 4 is 31.8 Å². The second-order valence-electron chi connectivity index (χ2n) is 4.08. The number of halogens is 1. The van der Waals surface area contributed by atoms with Crippen LogP contribution in [0.3, 0.4) is 0 Å². The second-order valence-corrected chi connectivity index (χ2v) is 6.61. The van der Waals surface area contributed by atoms with Gasteiger partial charge in [0.05, 0.1) is 0 Å². The summed E-state index contributed by atoms with van der Waals surface area (Å²) >= 11 is 3.27.